The van der Waals surface area contributed by atoms with Crippen LogP contribution in [0.25, 0.3) is 0 Å². The molecule has 0 aromatic heterocycles. The molecule has 0 saturated carbocycles. The van der Waals surface area contributed by atoms with Gasteiger partial charge in [-0.15, -0.1) is 0 Å². The van der Waals surface area contributed by atoms with Gasteiger partial charge in [0.2, 0.25) is 6.41 Å². The fourth-order valence-corrected chi connectivity index (χ4v) is 2.73. The predicted octanol–water partition coefficient (Wildman–Crippen LogP) is 1.39. The van der Waals surface area contributed by atoms with E-state index in [-0.39, 0.29) is 5.91 Å². The van der Waals surface area contributed by atoms with E-state index in [2.05, 4.69) is 0 Å². The average molecular weight is 244 g/mol. The van der Waals surface area contributed by atoms with Gasteiger partial charge in [-0.25, -0.2) is 0 Å². The molecule has 4 heteroatoms. The number of likely N-dealkylation sites (tertiary alicyclic amines) is 1. The molecule has 2 heterocycles. The summed E-state index contributed by atoms with van der Waals surface area (Å²) in [5.41, 5.74) is 3.01. The van der Waals surface area contributed by atoms with E-state index in [4.69, 9.17) is 0 Å². The van der Waals surface area contributed by atoms with Crippen LogP contribution in [0.2, 0.25) is 0 Å². The fraction of sp³-hybridized carbons (Fsp3) is 0.429. The molecule has 2 aliphatic heterocycles. The Labute approximate surface area is 106 Å². The molecule has 2 amide bonds. The van der Waals surface area contributed by atoms with Gasteiger partial charge in [0.1, 0.15) is 0 Å². The maximum absolute atomic E-state index is 12.2. The Balaban J connectivity index is 1.83. The molecule has 94 valence electrons. The minimum atomic E-state index is 0.125. The lowest BCUT2D eigenvalue weighted by Crippen LogP contribution is -2.27. The lowest BCUT2D eigenvalue weighted by Gasteiger charge is -2.15. The molecular weight excluding hydrogens is 228 g/mol. The zero-order valence-electron chi connectivity index (χ0n) is 10.3. The number of rotatable bonds is 2. The zero-order chi connectivity index (χ0) is 12.5. The van der Waals surface area contributed by atoms with Crippen LogP contribution in [-0.4, -0.2) is 35.2 Å². The third-order valence-electron chi connectivity index (χ3n) is 3.74. The van der Waals surface area contributed by atoms with Crippen molar-refractivity contribution in [3.63, 3.8) is 0 Å². The van der Waals surface area contributed by atoms with E-state index in [1.165, 1.54) is 0 Å². The molecule has 0 spiro atoms. The lowest BCUT2D eigenvalue weighted by atomic mass is 10.1. The van der Waals surface area contributed by atoms with Gasteiger partial charge >= 0.3 is 0 Å². The second-order valence-electron chi connectivity index (χ2n) is 4.99. The highest BCUT2D eigenvalue weighted by Gasteiger charge is 2.22. The average Bonchev–Trinajstić information content (AvgIpc) is 3.05. The van der Waals surface area contributed by atoms with Crippen LogP contribution >= 0.6 is 0 Å². The Morgan fingerprint density at radius 3 is 2.56 bits per heavy atom. The van der Waals surface area contributed by atoms with Gasteiger partial charge < -0.3 is 9.80 Å². The second-order valence-corrected chi connectivity index (χ2v) is 4.99. The standard InChI is InChI=1S/C14H16N2O2/c17-10-15-8-12-4-3-11(7-13(12)9-15)14(18)16-5-1-2-6-16/h3-4,7,10H,1-2,5-6,8-9H2. The molecule has 0 unspecified atom stereocenters. The van der Waals surface area contributed by atoms with Crippen molar-refractivity contribution in [2.24, 2.45) is 0 Å². The van der Waals surface area contributed by atoms with Crippen LogP contribution in [-0.2, 0) is 17.9 Å². The number of carbonyl (C=O) groups is 2. The Bertz CT molecular complexity index is 493. The third-order valence-corrected chi connectivity index (χ3v) is 3.74. The first-order valence-electron chi connectivity index (χ1n) is 6.38. The number of fused-ring (bicyclic) bond motifs is 1. The first-order valence-corrected chi connectivity index (χ1v) is 6.38. The first kappa shape index (κ1) is 11.3. The van der Waals surface area contributed by atoms with Gasteiger partial charge in [-0.2, -0.15) is 0 Å². The highest BCUT2D eigenvalue weighted by atomic mass is 16.2. The van der Waals surface area contributed by atoms with Gasteiger partial charge in [0, 0.05) is 31.7 Å². The third kappa shape index (κ3) is 1.88. The van der Waals surface area contributed by atoms with Crippen molar-refractivity contribution < 1.29 is 9.59 Å². The topological polar surface area (TPSA) is 40.6 Å². The molecule has 0 atom stereocenters. The van der Waals surface area contributed by atoms with Crippen molar-refractivity contribution in [3.05, 3.63) is 34.9 Å². The molecule has 3 rings (SSSR count). The number of amides is 2. The normalized spacial score (nSPS) is 18.0. The Morgan fingerprint density at radius 2 is 1.83 bits per heavy atom. The summed E-state index contributed by atoms with van der Waals surface area (Å²) in [5.74, 6) is 0.125. The number of hydrogen-bond acceptors (Lipinski definition) is 2. The van der Waals surface area contributed by atoms with E-state index < -0.39 is 0 Å². The van der Waals surface area contributed by atoms with Gasteiger partial charge in [-0.1, -0.05) is 6.07 Å². The molecule has 1 aromatic carbocycles. The zero-order valence-corrected chi connectivity index (χ0v) is 10.3. The molecule has 2 aliphatic rings. The summed E-state index contributed by atoms with van der Waals surface area (Å²) in [6.07, 6.45) is 3.08. The van der Waals surface area contributed by atoms with Crippen LogP contribution in [0.3, 0.4) is 0 Å². The molecule has 4 nitrogen and oxygen atoms in total. The highest BCUT2D eigenvalue weighted by molar-refractivity contribution is 5.94. The number of hydrogen-bond donors (Lipinski definition) is 0. The minimum absolute atomic E-state index is 0.125. The smallest absolute Gasteiger partial charge is 0.253 e. The monoisotopic (exact) mass is 244 g/mol. The maximum atomic E-state index is 12.2. The summed E-state index contributed by atoms with van der Waals surface area (Å²) >= 11 is 0. The van der Waals surface area contributed by atoms with Crippen LogP contribution in [0.4, 0.5) is 0 Å². The highest BCUT2D eigenvalue weighted by Crippen LogP contribution is 2.23. The molecule has 18 heavy (non-hydrogen) atoms. The SMILES string of the molecule is O=CN1Cc2ccc(C(=O)N3CCCC3)cc2C1. The van der Waals surface area contributed by atoms with E-state index in [0.717, 1.165) is 49.0 Å². The van der Waals surface area contributed by atoms with Gasteiger partial charge in [-0.3, -0.25) is 9.59 Å². The molecular formula is C14H16N2O2. The molecule has 1 saturated heterocycles. The number of nitrogens with zero attached hydrogens (tertiary/aromatic N) is 2. The van der Waals surface area contributed by atoms with Crippen molar-refractivity contribution in [3.8, 4) is 0 Å². The summed E-state index contributed by atoms with van der Waals surface area (Å²) in [4.78, 5) is 26.6. The van der Waals surface area contributed by atoms with Crippen molar-refractivity contribution >= 4 is 12.3 Å². The number of carbonyl (C=O) groups excluding carboxylic acids is 2. The van der Waals surface area contributed by atoms with Crippen LogP contribution in [0.15, 0.2) is 18.2 Å². The van der Waals surface area contributed by atoms with E-state index in [9.17, 15) is 9.59 Å². The summed E-state index contributed by atoms with van der Waals surface area (Å²) in [6.45, 7) is 3.03. The molecule has 1 aromatic rings. The van der Waals surface area contributed by atoms with E-state index in [0.29, 0.717) is 13.1 Å². The summed E-state index contributed by atoms with van der Waals surface area (Å²) in [5, 5.41) is 0. The van der Waals surface area contributed by atoms with Crippen molar-refractivity contribution in [2.75, 3.05) is 13.1 Å². The summed E-state index contributed by atoms with van der Waals surface area (Å²) in [6, 6.07) is 5.80. The number of benzene rings is 1. The Morgan fingerprint density at radius 1 is 1.11 bits per heavy atom. The molecule has 0 N–H and O–H groups in total. The van der Waals surface area contributed by atoms with Gasteiger partial charge in [0.25, 0.3) is 5.91 Å². The molecule has 1 fully saturated rings. The van der Waals surface area contributed by atoms with Crippen LogP contribution < -0.4 is 0 Å². The van der Waals surface area contributed by atoms with Crippen LogP contribution in [0.1, 0.15) is 34.3 Å². The predicted molar refractivity (Wildman–Crippen MR) is 66.9 cm³/mol. The lowest BCUT2D eigenvalue weighted by molar-refractivity contribution is -0.118. The van der Waals surface area contributed by atoms with Crippen LogP contribution in [0, 0.1) is 0 Å². The maximum Gasteiger partial charge on any atom is 0.253 e. The van der Waals surface area contributed by atoms with E-state index in [1.54, 1.807) is 4.90 Å². The van der Waals surface area contributed by atoms with Gasteiger partial charge in [0.05, 0.1) is 0 Å². The van der Waals surface area contributed by atoms with E-state index >= 15 is 0 Å². The van der Waals surface area contributed by atoms with Crippen molar-refractivity contribution in [2.45, 2.75) is 25.9 Å². The molecule has 0 radical (unpaired) electrons. The molecule has 0 aliphatic carbocycles. The Kier molecular flexibility index (Phi) is 2.78. The largest absolute Gasteiger partial charge is 0.339 e. The summed E-state index contributed by atoms with van der Waals surface area (Å²) in [7, 11) is 0. The van der Waals surface area contributed by atoms with Crippen molar-refractivity contribution in [1.82, 2.24) is 9.80 Å². The quantitative estimate of drug-likeness (QED) is 0.738. The van der Waals surface area contributed by atoms with E-state index in [1.807, 2.05) is 23.1 Å². The summed E-state index contributed by atoms with van der Waals surface area (Å²) < 4.78 is 0. The second kappa shape index (κ2) is 4.44. The Hall–Kier alpha value is -1.84. The fourth-order valence-electron chi connectivity index (χ4n) is 2.73. The van der Waals surface area contributed by atoms with Gasteiger partial charge in [0.15, 0.2) is 0 Å². The van der Waals surface area contributed by atoms with Crippen LogP contribution in [0.5, 0.6) is 0 Å². The molecule has 0 bridgehead atoms. The van der Waals surface area contributed by atoms with Gasteiger partial charge in [-0.05, 0) is 36.1 Å². The van der Waals surface area contributed by atoms with Crippen molar-refractivity contribution in [1.29, 1.82) is 0 Å². The first-order chi connectivity index (χ1) is 8.78. The minimum Gasteiger partial charge on any atom is -0.339 e.